The van der Waals surface area contributed by atoms with E-state index < -0.39 is 0 Å². The molecule has 1 aliphatic rings. The first-order chi connectivity index (χ1) is 7.24. The van der Waals surface area contributed by atoms with E-state index in [1.54, 1.807) is 0 Å². The zero-order valence-electron chi connectivity index (χ0n) is 8.99. The van der Waals surface area contributed by atoms with Crippen LogP contribution in [-0.2, 0) is 16.1 Å². The highest BCUT2D eigenvalue weighted by atomic mass is 16.5. The summed E-state index contributed by atoms with van der Waals surface area (Å²) in [5.41, 5.74) is 2.51. The summed E-state index contributed by atoms with van der Waals surface area (Å²) in [5.74, 6) is -0.0144. The molecular formula is C12H15NO2. The van der Waals surface area contributed by atoms with Crippen LogP contribution in [0.4, 0.5) is 0 Å². The van der Waals surface area contributed by atoms with Gasteiger partial charge in [-0.15, -0.1) is 0 Å². The number of carbonyl (C=O) groups excluding carboxylic acids is 1. The molecule has 2 unspecified atom stereocenters. The fourth-order valence-electron chi connectivity index (χ4n) is 2.13. The number of hydrogen-bond donors (Lipinski definition) is 1. The molecule has 15 heavy (non-hydrogen) atoms. The second-order valence-corrected chi connectivity index (χ2v) is 3.87. The van der Waals surface area contributed by atoms with E-state index in [1.807, 2.05) is 19.1 Å². The number of nitrogens with one attached hydrogen (secondary N) is 1. The molecule has 0 radical (unpaired) electrons. The number of carbonyl (C=O) groups is 1. The summed E-state index contributed by atoms with van der Waals surface area (Å²) >= 11 is 0. The van der Waals surface area contributed by atoms with E-state index in [9.17, 15) is 4.79 Å². The number of methoxy groups -OCH3 is 1. The van der Waals surface area contributed by atoms with Crippen LogP contribution in [0.15, 0.2) is 24.3 Å². The summed E-state index contributed by atoms with van der Waals surface area (Å²) < 4.78 is 4.77. The first-order valence-corrected chi connectivity index (χ1v) is 5.13. The van der Waals surface area contributed by atoms with Crippen molar-refractivity contribution in [3.63, 3.8) is 0 Å². The maximum atomic E-state index is 11.5. The Labute approximate surface area is 89.4 Å². The van der Waals surface area contributed by atoms with Gasteiger partial charge in [0.15, 0.2) is 0 Å². The molecule has 0 aliphatic carbocycles. The fraction of sp³-hybridized carbons (Fsp3) is 0.417. The highest BCUT2D eigenvalue weighted by Crippen LogP contribution is 2.27. The predicted molar refractivity (Wildman–Crippen MR) is 57.5 cm³/mol. The van der Waals surface area contributed by atoms with Gasteiger partial charge in [0.1, 0.15) is 6.04 Å². The molecule has 1 heterocycles. The lowest BCUT2D eigenvalue weighted by Crippen LogP contribution is -2.44. The molecule has 0 spiro atoms. The smallest absolute Gasteiger partial charge is 0.323 e. The molecule has 2 atom stereocenters. The molecule has 1 aromatic carbocycles. The van der Waals surface area contributed by atoms with Crippen LogP contribution >= 0.6 is 0 Å². The Balaban J connectivity index is 2.29. The Morgan fingerprint density at radius 1 is 1.47 bits per heavy atom. The van der Waals surface area contributed by atoms with Gasteiger partial charge in [0.05, 0.1) is 7.11 Å². The van der Waals surface area contributed by atoms with Gasteiger partial charge in [-0.25, -0.2) is 0 Å². The van der Waals surface area contributed by atoms with Gasteiger partial charge in [0, 0.05) is 12.5 Å². The number of hydrogen-bond acceptors (Lipinski definition) is 3. The van der Waals surface area contributed by atoms with Crippen LogP contribution in [-0.4, -0.2) is 19.1 Å². The van der Waals surface area contributed by atoms with Crippen LogP contribution in [0.3, 0.4) is 0 Å². The molecule has 0 saturated heterocycles. The summed E-state index contributed by atoms with van der Waals surface area (Å²) in [6.07, 6.45) is 0. The van der Waals surface area contributed by atoms with Crippen LogP contribution in [0, 0.1) is 0 Å². The molecule has 3 nitrogen and oxygen atoms in total. The molecular weight excluding hydrogens is 190 g/mol. The quantitative estimate of drug-likeness (QED) is 0.705. The van der Waals surface area contributed by atoms with E-state index in [0.29, 0.717) is 0 Å². The van der Waals surface area contributed by atoms with Gasteiger partial charge < -0.3 is 4.74 Å². The van der Waals surface area contributed by atoms with Crippen molar-refractivity contribution in [2.45, 2.75) is 25.4 Å². The largest absolute Gasteiger partial charge is 0.468 e. The van der Waals surface area contributed by atoms with Crippen LogP contribution < -0.4 is 5.32 Å². The average molecular weight is 205 g/mol. The van der Waals surface area contributed by atoms with Crippen molar-refractivity contribution in [2.75, 3.05) is 7.11 Å². The summed E-state index contributed by atoms with van der Waals surface area (Å²) in [5, 5.41) is 3.20. The molecule has 3 heteroatoms. The third-order valence-corrected chi connectivity index (χ3v) is 3.01. The minimum atomic E-state index is -0.218. The van der Waals surface area contributed by atoms with Crippen molar-refractivity contribution < 1.29 is 9.53 Å². The molecule has 0 aromatic heterocycles. The summed E-state index contributed by atoms with van der Waals surface area (Å²) in [7, 11) is 1.43. The monoisotopic (exact) mass is 205 g/mol. The maximum absolute atomic E-state index is 11.5. The third-order valence-electron chi connectivity index (χ3n) is 3.01. The summed E-state index contributed by atoms with van der Waals surface area (Å²) in [6.45, 7) is 2.78. The molecule has 0 fully saturated rings. The first-order valence-electron chi connectivity index (χ1n) is 5.13. The standard InChI is InChI=1S/C12H15NO2/c1-8-10-6-4-3-5-9(10)7-13-11(8)12(14)15-2/h3-6,8,11,13H,7H2,1-2H3. The molecule has 2 rings (SSSR count). The van der Waals surface area contributed by atoms with Crippen LogP contribution in [0.5, 0.6) is 0 Å². The summed E-state index contributed by atoms with van der Waals surface area (Å²) in [4.78, 5) is 11.5. The van der Waals surface area contributed by atoms with Gasteiger partial charge in [-0.05, 0) is 11.1 Å². The van der Waals surface area contributed by atoms with Crippen molar-refractivity contribution in [1.29, 1.82) is 0 Å². The molecule has 1 aromatic rings. The number of rotatable bonds is 1. The number of benzene rings is 1. The van der Waals surface area contributed by atoms with Gasteiger partial charge in [0.25, 0.3) is 0 Å². The van der Waals surface area contributed by atoms with Gasteiger partial charge in [0.2, 0.25) is 0 Å². The first kappa shape index (κ1) is 10.2. The second-order valence-electron chi connectivity index (χ2n) is 3.87. The van der Waals surface area contributed by atoms with Gasteiger partial charge in [-0.2, -0.15) is 0 Å². The SMILES string of the molecule is COC(=O)C1NCc2ccccc2C1C. The van der Waals surface area contributed by atoms with Crippen LogP contribution in [0.1, 0.15) is 24.0 Å². The minimum absolute atomic E-state index is 0.169. The van der Waals surface area contributed by atoms with E-state index in [1.165, 1.54) is 18.2 Å². The normalized spacial score (nSPS) is 24.4. The van der Waals surface area contributed by atoms with Gasteiger partial charge >= 0.3 is 5.97 Å². The highest BCUT2D eigenvalue weighted by molar-refractivity contribution is 5.77. The van der Waals surface area contributed by atoms with Crippen LogP contribution in [0.25, 0.3) is 0 Å². The Kier molecular flexibility index (Phi) is 2.73. The van der Waals surface area contributed by atoms with Crippen molar-refractivity contribution in [3.05, 3.63) is 35.4 Å². The van der Waals surface area contributed by atoms with Gasteiger partial charge in [-0.1, -0.05) is 31.2 Å². The summed E-state index contributed by atoms with van der Waals surface area (Å²) in [6, 6.07) is 7.98. The molecule has 1 aliphatic heterocycles. The van der Waals surface area contributed by atoms with E-state index in [-0.39, 0.29) is 17.9 Å². The lowest BCUT2D eigenvalue weighted by atomic mass is 9.86. The van der Waals surface area contributed by atoms with E-state index in [0.717, 1.165) is 6.54 Å². The minimum Gasteiger partial charge on any atom is -0.468 e. The number of ether oxygens (including phenoxy) is 1. The van der Waals surface area contributed by atoms with E-state index in [4.69, 9.17) is 4.74 Å². The predicted octanol–water partition coefficient (Wildman–Crippen LogP) is 1.43. The molecule has 80 valence electrons. The molecule has 0 saturated carbocycles. The Morgan fingerprint density at radius 2 is 2.20 bits per heavy atom. The van der Waals surface area contributed by atoms with Gasteiger partial charge in [-0.3, -0.25) is 10.1 Å². The van der Waals surface area contributed by atoms with E-state index >= 15 is 0 Å². The fourth-order valence-corrected chi connectivity index (χ4v) is 2.13. The number of esters is 1. The maximum Gasteiger partial charge on any atom is 0.323 e. The lowest BCUT2D eigenvalue weighted by molar-refractivity contribution is -0.143. The topological polar surface area (TPSA) is 38.3 Å². The van der Waals surface area contributed by atoms with Crippen molar-refractivity contribution >= 4 is 5.97 Å². The zero-order valence-corrected chi connectivity index (χ0v) is 8.99. The van der Waals surface area contributed by atoms with E-state index in [2.05, 4.69) is 17.4 Å². The molecule has 0 amide bonds. The average Bonchev–Trinajstić information content (AvgIpc) is 2.29. The molecule has 1 N–H and O–H groups in total. The van der Waals surface area contributed by atoms with Crippen LogP contribution in [0.2, 0.25) is 0 Å². The highest BCUT2D eigenvalue weighted by Gasteiger charge is 2.31. The van der Waals surface area contributed by atoms with Crippen molar-refractivity contribution in [3.8, 4) is 0 Å². The van der Waals surface area contributed by atoms with Crippen molar-refractivity contribution in [2.24, 2.45) is 0 Å². The lowest BCUT2D eigenvalue weighted by Gasteiger charge is -2.30. The zero-order chi connectivity index (χ0) is 10.8. The Bertz CT molecular complexity index is 376. The van der Waals surface area contributed by atoms with Crippen molar-refractivity contribution in [1.82, 2.24) is 5.32 Å². The second kappa shape index (κ2) is 4.03. The Hall–Kier alpha value is -1.35. The third kappa shape index (κ3) is 1.75. The molecule has 0 bridgehead atoms. The Morgan fingerprint density at radius 3 is 2.93 bits per heavy atom. The number of fused-ring (bicyclic) bond motifs is 1.